The first kappa shape index (κ1) is 19.7. The summed E-state index contributed by atoms with van der Waals surface area (Å²) in [5.74, 6) is 1.15. The molecule has 0 aliphatic heterocycles. The molecule has 0 spiro atoms. The third kappa shape index (κ3) is 8.73. The molecular weight excluding hydrogens is 318 g/mol. The highest BCUT2D eigenvalue weighted by Gasteiger charge is 2.09. The van der Waals surface area contributed by atoms with Gasteiger partial charge in [0.1, 0.15) is 11.6 Å². The van der Waals surface area contributed by atoms with E-state index >= 15 is 0 Å². The molecule has 132 valence electrons. The number of aliphatic hydroxyl groups excluding tert-OH is 1. The van der Waals surface area contributed by atoms with Crippen LogP contribution in [0.4, 0.5) is 11.6 Å². The standard InChI is InChI=1S/C15H27N3O4S/c1-3-22-8-4-5-16-14-11-13(2)12-15(18-14)17-6-9-23(20,21)10-7-19/h11-12,19H,3-10H2,1-2H3,(H2,16,17,18). The van der Waals surface area contributed by atoms with E-state index < -0.39 is 9.84 Å². The van der Waals surface area contributed by atoms with Crippen molar-refractivity contribution in [2.45, 2.75) is 20.3 Å². The average molecular weight is 345 g/mol. The van der Waals surface area contributed by atoms with E-state index in [9.17, 15) is 8.42 Å². The highest BCUT2D eigenvalue weighted by atomic mass is 32.2. The minimum absolute atomic E-state index is 0.0275. The van der Waals surface area contributed by atoms with E-state index in [0.29, 0.717) is 12.4 Å². The van der Waals surface area contributed by atoms with Crippen LogP contribution in [0.1, 0.15) is 18.9 Å². The second-order valence-corrected chi connectivity index (χ2v) is 7.50. The number of nitrogens with zero attached hydrogens (tertiary/aromatic N) is 1. The number of aromatic nitrogens is 1. The van der Waals surface area contributed by atoms with Crippen LogP contribution in [0.25, 0.3) is 0 Å². The van der Waals surface area contributed by atoms with Crippen molar-refractivity contribution in [3.8, 4) is 0 Å². The Morgan fingerprint density at radius 1 is 1.17 bits per heavy atom. The molecule has 0 saturated carbocycles. The van der Waals surface area contributed by atoms with Gasteiger partial charge in [0.15, 0.2) is 9.84 Å². The average Bonchev–Trinajstić information content (AvgIpc) is 2.46. The van der Waals surface area contributed by atoms with Gasteiger partial charge < -0.3 is 20.5 Å². The minimum atomic E-state index is -3.21. The maximum atomic E-state index is 11.5. The number of aliphatic hydroxyl groups is 1. The summed E-state index contributed by atoms with van der Waals surface area (Å²) in [6.07, 6.45) is 0.894. The Labute approximate surface area is 138 Å². The molecule has 0 aromatic carbocycles. The van der Waals surface area contributed by atoms with Crippen LogP contribution >= 0.6 is 0 Å². The first-order valence-corrected chi connectivity index (χ1v) is 9.64. The Hall–Kier alpha value is -1.38. The second kappa shape index (κ2) is 10.4. The zero-order chi connectivity index (χ0) is 17.1. The van der Waals surface area contributed by atoms with Crippen LogP contribution < -0.4 is 10.6 Å². The highest BCUT2D eigenvalue weighted by Crippen LogP contribution is 2.13. The summed E-state index contributed by atoms with van der Waals surface area (Å²) < 4.78 is 28.4. The molecule has 1 aromatic rings. The van der Waals surface area contributed by atoms with Crippen LogP contribution in [0.5, 0.6) is 0 Å². The molecule has 23 heavy (non-hydrogen) atoms. The summed E-state index contributed by atoms with van der Waals surface area (Å²) in [5.41, 5.74) is 1.04. The van der Waals surface area contributed by atoms with Crippen molar-refractivity contribution in [3.05, 3.63) is 17.7 Å². The lowest BCUT2D eigenvalue weighted by Gasteiger charge is -2.11. The molecule has 7 nitrogen and oxygen atoms in total. The minimum Gasteiger partial charge on any atom is -0.395 e. The Kier molecular flexibility index (Phi) is 8.90. The van der Waals surface area contributed by atoms with Crippen LogP contribution in [0.2, 0.25) is 0 Å². The summed E-state index contributed by atoms with van der Waals surface area (Å²) >= 11 is 0. The number of aryl methyl sites for hydroxylation is 1. The number of ether oxygens (including phenoxy) is 1. The molecule has 0 bridgehead atoms. The van der Waals surface area contributed by atoms with Gasteiger partial charge in [-0.25, -0.2) is 13.4 Å². The quantitative estimate of drug-likeness (QED) is 0.487. The SMILES string of the molecule is CCOCCCNc1cc(C)cc(NCCS(=O)(=O)CCO)n1. The molecule has 0 fully saturated rings. The topological polar surface area (TPSA) is 101 Å². The van der Waals surface area contributed by atoms with E-state index in [-0.39, 0.29) is 24.7 Å². The number of anilines is 2. The van der Waals surface area contributed by atoms with Crippen molar-refractivity contribution in [2.75, 3.05) is 55.0 Å². The summed E-state index contributed by atoms with van der Waals surface area (Å²) in [6.45, 7) is 6.04. The molecule has 3 N–H and O–H groups in total. The van der Waals surface area contributed by atoms with Crippen molar-refractivity contribution < 1.29 is 18.3 Å². The molecule has 1 aromatic heterocycles. The number of rotatable bonds is 12. The molecule has 0 saturated heterocycles. The third-order valence-corrected chi connectivity index (χ3v) is 4.70. The number of pyridine rings is 1. The van der Waals surface area contributed by atoms with Crippen LogP contribution in [0.15, 0.2) is 12.1 Å². The van der Waals surface area contributed by atoms with Gasteiger partial charge >= 0.3 is 0 Å². The van der Waals surface area contributed by atoms with Crippen molar-refractivity contribution in [1.82, 2.24) is 4.98 Å². The lowest BCUT2D eigenvalue weighted by Crippen LogP contribution is -2.20. The third-order valence-electron chi connectivity index (χ3n) is 3.07. The van der Waals surface area contributed by atoms with Crippen molar-refractivity contribution in [2.24, 2.45) is 0 Å². The van der Waals surface area contributed by atoms with Gasteiger partial charge in [-0.3, -0.25) is 0 Å². The Bertz CT molecular complexity index is 564. The maximum absolute atomic E-state index is 11.5. The first-order chi connectivity index (χ1) is 11.0. The number of hydrogen-bond donors (Lipinski definition) is 3. The lowest BCUT2D eigenvalue weighted by atomic mass is 10.3. The molecule has 0 aliphatic carbocycles. The molecule has 0 amide bonds. The fraction of sp³-hybridized carbons (Fsp3) is 0.667. The van der Waals surface area contributed by atoms with Crippen LogP contribution in [-0.2, 0) is 14.6 Å². The zero-order valence-corrected chi connectivity index (χ0v) is 14.7. The van der Waals surface area contributed by atoms with Gasteiger partial charge in [0, 0.05) is 26.3 Å². The van der Waals surface area contributed by atoms with Gasteiger partial charge in [-0.15, -0.1) is 0 Å². The molecule has 0 unspecified atom stereocenters. The Morgan fingerprint density at radius 2 is 1.83 bits per heavy atom. The highest BCUT2D eigenvalue weighted by molar-refractivity contribution is 7.91. The van der Waals surface area contributed by atoms with E-state index in [2.05, 4.69) is 15.6 Å². The molecular formula is C15H27N3O4S. The molecule has 8 heteroatoms. The molecule has 0 radical (unpaired) electrons. The Morgan fingerprint density at radius 3 is 2.43 bits per heavy atom. The summed E-state index contributed by atoms with van der Waals surface area (Å²) in [5, 5.41) is 14.9. The predicted molar refractivity (Wildman–Crippen MR) is 92.8 cm³/mol. The van der Waals surface area contributed by atoms with E-state index in [1.807, 2.05) is 26.0 Å². The van der Waals surface area contributed by atoms with Crippen molar-refractivity contribution in [3.63, 3.8) is 0 Å². The van der Waals surface area contributed by atoms with Crippen LogP contribution in [-0.4, -0.2) is 62.9 Å². The van der Waals surface area contributed by atoms with E-state index in [1.165, 1.54) is 0 Å². The van der Waals surface area contributed by atoms with E-state index in [4.69, 9.17) is 9.84 Å². The monoisotopic (exact) mass is 345 g/mol. The van der Waals surface area contributed by atoms with Crippen molar-refractivity contribution >= 4 is 21.5 Å². The van der Waals surface area contributed by atoms with Gasteiger partial charge in [-0.1, -0.05) is 0 Å². The zero-order valence-electron chi connectivity index (χ0n) is 13.8. The van der Waals surface area contributed by atoms with Gasteiger partial charge in [0.05, 0.1) is 18.1 Å². The number of nitrogens with one attached hydrogen (secondary N) is 2. The number of sulfone groups is 1. The number of hydrogen-bond acceptors (Lipinski definition) is 7. The summed E-state index contributed by atoms with van der Waals surface area (Å²) in [4.78, 5) is 4.41. The fourth-order valence-corrected chi connectivity index (χ4v) is 2.85. The van der Waals surface area contributed by atoms with Gasteiger partial charge in [-0.2, -0.15) is 0 Å². The van der Waals surface area contributed by atoms with E-state index in [0.717, 1.165) is 31.0 Å². The smallest absolute Gasteiger partial charge is 0.154 e. The first-order valence-electron chi connectivity index (χ1n) is 7.82. The normalized spacial score (nSPS) is 11.4. The largest absolute Gasteiger partial charge is 0.395 e. The Balaban J connectivity index is 2.47. The lowest BCUT2D eigenvalue weighted by molar-refractivity contribution is 0.147. The van der Waals surface area contributed by atoms with Gasteiger partial charge in [-0.05, 0) is 38.0 Å². The summed E-state index contributed by atoms with van der Waals surface area (Å²) in [6, 6.07) is 3.80. The molecule has 0 atom stereocenters. The van der Waals surface area contributed by atoms with Gasteiger partial charge in [0.25, 0.3) is 0 Å². The second-order valence-electron chi connectivity index (χ2n) is 5.19. The van der Waals surface area contributed by atoms with Crippen LogP contribution in [0, 0.1) is 6.92 Å². The van der Waals surface area contributed by atoms with Crippen molar-refractivity contribution in [1.29, 1.82) is 0 Å². The molecule has 1 heterocycles. The maximum Gasteiger partial charge on any atom is 0.154 e. The molecule has 1 rings (SSSR count). The predicted octanol–water partition coefficient (Wildman–Crippen LogP) is 1.05. The molecule has 0 aliphatic rings. The van der Waals surface area contributed by atoms with Crippen LogP contribution in [0.3, 0.4) is 0 Å². The van der Waals surface area contributed by atoms with E-state index in [1.54, 1.807) is 0 Å². The fourth-order valence-electron chi connectivity index (χ4n) is 1.96. The van der Waals surface area contributed by atoms with Gasteiger partial charge in [0.2, 0.25) is 0 Å². The summed E-state index contributed by atoms with van der Waals surface area (Å²) in [7, 11) is -3.21.